The highest BCUT2D eigenvalue weighted by molar-refractivity contribution is 6.15. The number of carbonyl (C=O) groups is 2. The second-order valence-corrected chi connectivity index (χ2v) is 7.72. The van der Waals surface area contributed by atoms with Gasteiger partial charge < -0.3 is 24.1 Å². The largest absolute Gasteiger partial charge is 0.503 e. The maximum atomic E-state index is 13.2. The number of furan rings is 1. The third-order valence-corrected chi connectivity index (χ3v) is 5.07. The summed E-state index contributed by atoms with van der Waals surface area (Å²) in [5, 5.41) is 10.7. The Bertz CT molecular complexity index is 960. The molecule has 0 aliphatic carbocycles. The zero-order chi connectivity index (χ0) is 21.8. The first-order valence-electron chi connectivity index (χ1n) is 10.2. The zero-order valence-electron chi connectivity index (χ0n) is 17.9. The lowest BCUT2D eigenvalue weighted by Gasteiger charge is -2.27. The Labute approximate surface area is 176 Å². The van der Waals surface area contributed by atoms with E-state index < -0.39 is 23.5 Å². The minimum Gasteiger partial charge on any atom is -0.503 e. The summed E-state index contributed by atoms with van der Waals surface area (Å²) >= 11 is 0. The lowest BCUT2D eigenvalue weighted by atomic mass is 9.95. The van der Waals surface area contributed by atoms with Crippen molar-refractivity contribution < 1.29 is 28.7 Å². The van der Waals surface area contributed by atoms with Crippen LogP contribution < -0.4 is 9.64 Å². The molecule has 30 heavy (non-hydrogen) atoms. The van der Waals surface area contributed by atoms with Crippen molar-refractivity contribution in [2.24, 2.45) is 0 Å². The van der Waals surface area contributed by atoms with Crippen molar-refractivity contribution in [3.05, 3.63) is 64.8 Å². The summed E-state index contributed by atoms with van der Waals surface area (Å²) < 4.78 is 11.1. The number of amides is 1. The maximum Gasteiger partial charge on any atom is 0.290 e. The van der Waals surface area contributed by atoms with Gasteiger partial charge in [0.05, 0.1) is 38.9 Å². The van der Waals surface area contributed by atoms with E-state index in [1.165, 1.54) is 4.90 Å². The highest BCUT2D eigenvalue weighted by atomic mass is 16.5. The smallest absolute Gasteiger partial charge is 0.290 e. The van der Waals surface area contributed by atoms with E-state index in [1.807, 2.05) is 45.3 Å². The average molecular weight is 413 g/mol. The van der Waals surface area contributed by atoms with Gasteiger partial charge in [0.2, 0.25) is 5.78 Å². The van der Waals surface area contributed by atoms with Gasteiger partial charge in [-0.05, 0) is 43.7 Å². The van der Waals surface area contributed by atoms with Crippen molar-refractivity contribution >= 4 is 11.7 Å². The Kier molecular flexibility index (Phi) is 6.62. The topological polar surface area (TPSA) is 84.4 Å². The molecule has 1 aliphatic heterocycles. The van der Waals surface area contributed by atoms with Crippen LogP contribution in [0.2, 0.25) is 0 Å². The molecule has 0 radical (unpaired) electrons. The molecule has 7 nitrogen and oxygen atoms in total. The minimum atomic E-state index is -0.701. The molecule has 1 amide bonds. The van der Waals surface area contributed by atoms with Gasteiger partial charge in [0.15, 0.2) is 11.5 Å². The number of benzene rings is 1. The molecule has 1 atom stereocenters. The summed E-state index contributed by atoms with van der Waals surface area (Å²) in [5.74, 6) is -0.204. The summed E-state index contributed by atoms with van der Waals surface area (Å²) in [6.45, 7) is 5.41. The van der Waals surface area contributed by atoms with Gasteiger partial charge >= 0.3 is 0 Å². The fraction of sp³-hybridized carbons (Fsp3) is 0.391. The molecule has 0 spiro atoms. The number of aliphatic hydroxyl groups is 1. The van der Waals surface area contributed by atoms with E-state index in [4.69, 9.17) is 9.15 Å². The first-order chi connectivity index (χ1) is 14.3. The van der Waals surface area contributed by atoms with E-state index >= 15 is 0 Å². The van der Waals surface area contributed by atoms with Gasteiger partial charge in [-0.2, -0.15) is 0 Å². The minimum absolute atomic E-state index is 0.0419. The molecule has 1 aliphatic rings. The Morgan fingerprint density at radius 2 is 2.03 bits per heavy atom. The van der Waals surface area contributed by atoms with Crippen molar-refractivity contribution in [2.45, 2.75) is 26.3 Å². The normalized spacial score (nSPS) is 16.6. The molecule has 0 saturated heterocycles. The van der Waals surface area contributed by atoms with E-state index in [-0.39, 0.29) is 11.3 Å². The monoisotopic (exact) mass is 413 g/mol. The van der Waals surface area contributed by atoms with Crippen molar-refractivity contribution in [3.8, 4) is 5.75 Å². The first-order valence-corrected chi connectivity index (χ1v) is 10.2. The Balaban J connectivity index is 2.02. The van der Waals surface area contributed by atoms with E-state index in [2.05, 4.69) is 0 Å². The molecule has 2 N–H and O–H groups in total. The van der Waals surface area contributed by atoms with Gasteiger partial charge in [-0.1, -0.05) is 12.1 Å². The molecule has 0 saturated carbocycles. The first kappa shape index (κ1) is 21.6. The van der Waals surface area contributed by atoms with Crippen molar-refractivity contribution in [1.29, 1.82) is 0 Å². The maximum absolute atomic E-state index is 13.2. The van der Waals surface area contributed by atoms with Gasteiger partial charge in [0, 0.05) is 13.0 Å². The van der Waals surface area contributed by atoms with Crippen LogP contribution >= 0.6 is 0 Å². The lowest BCUT2D eigenvalue weighted by molar-refractivity contribution is -0.858. The average Bonchev–Trinajstić information content (AvgIpc) is 3.24. The number of quaternary nitrogens is 1. The number of nitrogens with one attached hydrogen (secondary N) is 1. The number of Topliss-reactive ketones (excluding diaryl/α,β-unsaturated/α-hetero) is 1. The quantitative estimate of drug-likeness (QED) is 0.615. The van der Waals surface area contributed by atoms with Crippen molar-refractivity contribution in [3.63, 3.8) is 0 Å². The molecular weight excluding hydrogens is 384 g/mol. The van der Waals surface area contributed by atoms with E-state index in [0.29, 0.717) is 30.2 Å². The predicted molar refractivity (Wildman–Crippen MR) is 112 cm³/mol. The molecule has 0 unspecified atom stereocenters. The number of hydrogen-bond donors (Lipinski definition) is 2. The van der Waals surface area contributed by atoms with Gasteiger partial charge in [-0.15, -0.1) is 0 Å². The van der Waals surface area contributed by atoms with Gasteiger partial charge in [-0.25, -0.2) is 0 Å². The van der Waals surface area contributed by atoms with E-state index in [1.54, 1.807) is 24.0 Å². The van der Waals surface area contributed by atoms with Crippen LogP contribution in [0.5, 0.6) is 5.75 Å². The SMILES string of the molecule is CCOc1cccc([C@@H]2C(C(=O)c3ccc(C)o3)=C(O)C(=O)N2CCC[NH+](C)C)c1. The standard InChI is InChI=1S/C23H28N2O5/c1-5-29-17-9-6-8-16(14-17)20-19(21(26)18-11-10-15(2)30-18)22(27)23(28)25(20)13-7-12-24(3)4/h6,8-11,14,20,27H,5,7,12-13H2,1-4H3/p+1/t20-/m1/s1. The molecule has 2 heterocycles. The molecule has 2 aromatic rings. The fourth-order valence-electron chi connectivity index (χ4n) is 3.70. The number of aliphatic hydroxyl groups excluding tert-OH is 1. The molecule has 0 bridgehead atoms. The van der Waals surface area contributed by atoms with E-state index in [9.17, 15) is 14.7 Å². The molecule has 3 rings (SSSR count). The van der Waals surface area contributed by atoms with Gasteiger partial charge in [-0.3, -0.25) is 9.59 Å². The number of rotatable bonds is 9. The fourth-order valence-corrected chi connectivity index (χ4v) is 3.70. The second-order valence-electron chi connectivity index (χ2n) is 7.72. The Morgan fingerprint density at radius 1 is 1.27 bits per heavy atom. The summed E-state index contributed by atoms with van der Waals surface area (Å²) in [7, 11) is 4.08. The number of ether oxygens (including phenoxy) is 1. The van der Waals surface area contributed by atoms with Crippen LogP contribution in [0.3, 0.4) is 0 Å². The summed E-state index contributed by atoms with van der Waals surface area (Å²) in [4.78, 5) is 29.0. The van der Waals surface area contributed by atoms with Crippen molar-refractivity contribution in [2.75, 3.05) is 33.8 Å². The molecule has 1 aromatic carbocycles. The Hall–Kier alpha value is -3.06. The highest BCUT2D eigenvalue weighted by Crippen LogP contribution is 2.40. The van der Waals surface area contributed by atoms with Crippen LogP contribution in [-0.2, 0) is 4.79 Å². The van der Waals surface area contributed by atoms with Crippen LogP contribution in [0.25, 0.3) is 0 Å². The summed E-state index contributed by atoms with van der Waals surface area (Å²) in [6, 6.07) is 9.84. The Morgan fingerprint density at radius 3 is 2.67 bits per heavy atom. The van der Waals surface area contributed by atoms with Crippen LogP contribution in [0.4, 0.5) is 0 Å². The molecule has 0 fully saturated rings. The summed E-state index contributed by atoms with van der Waals surface area (Å²) in [5.41, 5.74) is 0.752. The van der Waals surface area contributed by atoms with Gasteiger partial charge in [0.1, 0.15) is 11.5 Å². The predicted octanol–water partition coefficient (Wildman–Crippen LogP) is 2.10. The van der Waals surface area contributed by atoms with E-state index in [0.717, 1.165) is 13.0 Å². The molecule has 160 valence electrons. The number of carbonyl (C=O) groups excluding carboxylic acids is 2. The molecule has 1 aromatic heterocycles. The third-order valence-electron chi connectivity index (χ3n) is 5.07. The number of hydrogen-bond acceptors (Lipinski definition) is 5. The zero-order valence-corrected chi connectivity index (χ0v) is 17.9. The van der Waals surface area contributed by atoms with Crippen molar-refractivity contribution in [1.82, 2.24) is 4.90 Å². The van der Waals surface area contributed by atoms with Gasteiger partial charge in [0.25, 0.3) is 5.91 Å². The van der Waals surface area contributed by atoms with Crippen LogP contribution in [0, 0.1) is 6.92 Å². The van der Waals surface area contributed by atoms with Crippen LogP contribution in [0.1, 0.15) is 41.3 Å². The third kappa shape index (κ3) is 4.41. The molecular formula is C23H29N2O5+. The number of aryl methyl sites for hydroxylation is 1. The summed E-state index contributed by atoms with van der Waals surface area (Å²) in [6.07, 6.45) is 0.740. The second kappa shape index (κ2) is 9.17. The lowest BCUT2D eigenvalue weighted by Crippen LogP contribution is -3.05. The number of ketones is 1. The molecule has 7 heteroatoms. The number of nitrogens with zero attached hydrogens (tertiary/aromatic N) is 1. The van der Waals surface area contributed by atoms with Crippen LogP contribution in [-0.4, -0.2) is 55.5 Å². The highest BCUT2D eigenvalue weighted by Gasteiger charge is 2.44. The van der Waals surface area contributed by atoms with Crippen LogP contribution in [0.15, 0.2) is 52.1 Å².